The van der Waals surface area contributed by atoms with Crippen LogP contribution in [0.2, 0.25) is 5.02 Å². The molecule has 0 heterocycles. The second kappa shape index (κ2) is 7.25. The van der Waals surface area contributed by atoms with Crippen LogP contribution >= 0.6 is 11.6 Å². The summed E-state index contributed by atoms with van der Waals surface area (Å²) in [6.45, 7) is 2.75. The van der Waals surface area contributed by atoms with E-state index in [0.717, 1.165) is 17.1 Å². The second-order valence-electron chi connectivity index (χ2n) is 5.23. The van der Waals surface area contributed by atoms with E-state index in [1.54, 1.807) is 24.3 Å². The van der Waals surface area contributed by atoms with Gasteiger partial charge in [-0.25, -0.2) is 0 Å². The van der Waals surface area contributed by atoms with Crippen LogP contribution in [-0.4, -0.2) is 19.0 Å². The first-order valence-electron chi connectivity index (χ1n) is 6.99. The molecule has 0 aliphatic heterocycles. The summed E-state index contributed by atoms with van der Waals surface area (Å²) in [5, 5.41) is 3.58. The van der Waals surface area contributed by atoms with Crippen molar-refractivity contribution >= 4 is 23.2 Å². The van der Waals surface area contributed by atoms with Gasteiger partial charge in [-0.3, -0.25) is 4.79 Å². The molecule has 4 heteroatoms. The Labute approximate surface area is 130 Å². The molecule has 0 aliphatic rings. The molecule has 0 aromatic heterocycles. The van der Waals surface area contributed by atoms with Gasteiger partial charge in [-0.1, -0.05) is 41.9 Å². The van der Waals surface area contributed by atoms with Crippen molar-refractivity contribution in [1.29, 1.82) is 0 Å². The van der Waals surface area contributed by atoms with Crippen LogP contribution < -0.4 is 10.2 Å². The van der Waals surface area contributed by atoms with Crippen molar-refractivity contribution < 1.29 is 9.69 Å². The summed E-state index contributed by atoms with van der Waals surface area (Å²) in [4.78, 5) is 13.4. The van der Waals surface area contributed by atoms with Crippen molar-refractivity contribution in [2.45, 2.75) is 19.5 Å². The minimum Gasteiger partial charge on any atom is -0.324 e. The molecule has 0 saturated heterocycles. The molecule has 0 fully saturated rings. The van der Waals surface area contributed by atoms with Gasteiger partial charge in [0.2, 0.25) is 0 Å². The number of carbonyl (C=O) groups excluding carboxylic acids is 1. The van der Waals surface area contributed by atoms with E-state index >= 15 is 0 Å². The molecule has 1 amide bonds. The largest absolute Gasteiger partial charge is 0.324 e. The molecular weight excluding hydrogens is 284 g/mol. The van der Waals surface area contributed by atoms with Gasteiger partial charge in [0, 0.05) is 16.3 Å². The van der Waals surface area contributed by atoms with Crippen LogP contribution in [0.3, 0.4) is 0 Å². The van der Waals surface area contributed by atoms with Gasteiger partial charge in [0.15, 0.2) is 6.04 Å². The summed E-state index contributed by atoms with van der Waals surface area (Å²) >= 11 is 5.83. The third-order valence-electron chi connectivity index (χ3n) is 3.57. The van der Waals surface area contributed by atoms with Gasteiger partial charge in [0.1, 0.15) is 6.54 Å². The predicted molar refractivity (Wildman–Crippen MR) is 86.6 cm³/mol. The molecule has 0 aliphatic carbocycles. The number of quaternary nitrogens is 1. The highest BCUT2D eigenvalue weighted by Gasteiger charge is 2.21. The van der Waals surface area contributed by atoms with E-state index in [1.165, 1.54) is 5.56 Å². The van der Waals surface area contributed by atoms with Crippen LogP contribution in [0.25, 0.3) is 0 Å². The zero-order valence-electron chi connectivity index (χ0n) is 12.3. The van der Waals surface area contributed by atoms with Crippen molar-refractivity contribution in [2.24, 2.45) is 0 Å². The summed E-state index contributed by atoms with van der Waals surface area (Å²) in [6.07, 6.45) is 0. The smallest absolute Gasteiger partial charge is 0.282 e. The van der Waals surface area contributed by atoms with Crippen LogP contribution in [0.15, 0.2) is 54.6 Å². The van der Waals surface area contributed by atoms with E-state index in [4.69, 9.17) is 11.6 Å². The van der Waals surface area contributed by atoms with Crippen LogP contribution in [0.4, 0.5) is 5.69 Å². The molecule has 0 bridgehead atoms. The number of amides is 1. The average molecular weight is 304 g/mol. The van der Waals surface area contributed by atoms with Crippen molar-refractivity contribution in [3.63, 3.8) is 0 Å². The molecule has 0 saturated carbocycles. The fourth-order valence-electron chi connectivity index (χ4n) is 2.08. The van der Waals surface area contributed by atoms with Crippen LogP contribution in [-0.2, 0) is 11.3 Å². The minimum absolute atomic E-state index is 0.00533. The third-order valence-corrected chi connectivity index (χ3v) is 3.82. The number of carbonyl (C=O) groups is 1. The van der Waals surface area contributed by atoms with E-state index in [0.29, 0.717) is 5.02 Å². The van der Waals surface area contributed by atoms with Gasteiger partial charge in [-0.05, 0) is 31.2 Å². The highest BCUT2D eigenvalue weighted by molar-refractivity contribution is 6.30. The first-order valence-corrected chi connectivity index (χ1v) is 7.36. The molecule has 110 valence electrons. The summed E-state index contributed by atoms with van der Waals surface area (Å²) < 4.78 is 0. The van der Waals surface area contributed by atoms with Crippen molar-refractivity contribution in [3.05, 3.63) is 65.2 Å². The highest BCUT2D eigenvalue weighted by atomic mass is 35.5. The number of hydrogen-bond donors (Lipinski definition) is 2. The zero-order valence-corrected chi connectivity index (χ0v) is 13.0. The number of hydrogen-bond acceptors (Lipinski definition) is 1. The first-order chi connectivity index (χ1) is 10.1. The number of benzene rings is 2. The van der Waals surface area contributed by atoms with Gasteiger partial charge in [-0.15, -0.1) is 0 Å². The van der Waals surface area contributed by atoms with Crippen LogP contribution in [0, 0.1) is 0 Å². The first kappa shape index (κ1) is 15.5. The molecule has 2 N–H and O–H groups in total. The molecule has 2 atom stereocenters. The molecule has 2 aromatic carbocycles. The highest BCUT2D eigenvalue weighted by Crippen LogP contribution is 2.13. The molecule has 2 aromatic rings. The quantitative estimate of drug-likeness (QED) is 0.874. The van der Waals surface area contributed by atoms with E-state index in [-0.39, 0.29) is 11.9 Å². The van der Waals surface area contributed by atoms with Crippen molar-refractivity contribution in [2.75, 3.05) is 12.4 Å². The Hall–Kier alpha value is -1.84. The maximum Gasteiger partial charge on any atom is 0.282 e. The Morgan fingerprint density at radius 2 is 1.76 bits per heavy atom. The molecule has 21 heavy (non-hydrogen) atoms. The third kappa shape index (κ3) is 4.59. The Bertz CT molecular complexity index is 583. The fourth-order valence-corrected chi connectivity index (χ4v) is 2.20. The van der Waals surface area contributed by atoms with Crippen molar-refractivity contribution in [3.8, 4) is 0 Å². The maximum absolute atomic E-state index is 12.3. The van der Waals surface area contributed by atoms with Gasteiger partial charge in [-0.2, -0.15) is 0 Å². The molecule has 1 unspecified atom stereocenters. The topological polar surface area (TPSA) is 33.5 Å². The zero-order chi connectivity index (χ0) is 15.2. The van der Waals surface area contributed by atoms with Gasteiger partial charge < -0.3 is 10.2 Å². The monoisotopic (exact) mass is 303 g/mol. The lowest BCUT2D eigenvalue weighted by Crippen LogP contribution is -3.12. The summed E-state index contributed by atoms with van der Waals surface area (Å²) in [5.41, 5.74) is 1.99. The summed E-state index contributed by atoms with van der Waals surface area (Å²) in [7, 11) is 2.03. The Balaban J connectivity index is 1.93. The Morgan fingerprint density at radius 1 is 1.14 bits per heavy atom. The SMILES string of the molecule is C[C@H](C(=O)Nc1ccc(Cl)cc1)[NH+](C)Cc1ccccc1. The number of nitrogens with one attached hydrogen (secondary N) is 2. The normalized spacial score (nSPS) is 13.5. The van der Waals surface area contributed by atoms with E-state index < -0.39 is 0 Å². The fraction of sp³-hybridized carbons (Fsp3) is 0.235. The van der Waals surface area contributed by atoms with Crippen LogP contribution in [0.5, 0.6) is 0 Å². The summed E-state index contributed by atoms with van der Waals surface area (Å²) in [5.74, 6) is 0.00533. The lowest BCUT2D eigenvalue weighted by atomic mass is 10.2. The van der Waals surface area contributed by atoms with Crippen LogP contribution in [0.1, 0.15) is 12.5 Å². The molecule has 0 radical (unpaired) electrons. The van der Waals surface area contributed by atoms with E-state index in [9.17, 15) is 4.79 Å². The van der Waals surface area contributed by atoms with Gasteiger partial charge >= 0.3 is 0 Å². The van der Waals surface area contributed by atoms with Gasteiger partial charge in [0.25, 0.3) is 5.91 Å². The number of anilines is 1. The lowest BCUT2D eigenvalue weighted by molar-refractivity contribution is -0.907. The van der Waals surface area contributed by atoms with E-state index in [1.807, 2.05) is 32.2 Å². The summed E-state index contributed by atoms with van der Waals surface area (Å²) in [6, 6.07) is 17.2. The molecule has 3 nitrogen and oxygen atoms in total. The number of rotatable bonds is 5. The number of likely N-dealkylation sites (N-methyl/N-ethyl adjacent to an activating group) is 1. The molecule has 2 rings (SSSR count). The van der Waals surface area contributed by atoms with E-state index in [2.05, 4.69) is 17.4 Å². The minimum atomic E-state index is -0.138. The second-order valence-corrected chi connectivity index (χ2v) is 5.66. The maximum atomic E-state index is 12.3. The predicted octanol–water partition coefficient (Wildman–Crippen LogP) is 2.38. The number of halogens is 1. The average Bonchev–Trinajstić information content (AvgIpc) is 2.49. The van der Waals surface area contributed by atoms with Crippen molar-refractivity contribution in [1.82, 2.24) is 0 Å². The van der Waals surface area contributed by atoms with Gasteiger partial charge in [0.05, 0.1) is 7.05 Å². The Kier molecular flexibility index (Phi) is 5.37. The molecule has 0 spiro atoms. The lowest BCUT2D eigenvalue weighted by Gasteiger charge is -2.21. The standard InChI is InChI=1S/C17H19ClN2O/c1-13(20(2)12-14-6-4-3-5-7-14)17(21)19-16-10-8-15(18)9-11-16/h3-11,13H,12H2,1-2H3,(H,19,21)/p+1/t13-/m1/s1. The Morgan fingerprint density at radius 3 is 2.38 bits per heavy atom. The molecular formula is C17H20ClN2O+.